The minimum absolute atomic E-state index is 0.000109. The summed E-state index contributed by atoms with van der Waals surface area (Å²) in [5, 5.41) is 12.3. The molecule has 0 bridgehead atoms. The van der Waals surface area contributed by atoms with Gasteiger partial charge in [0.1, 0.15) is 11.6 Å². The molecule has 4 rings (SSSR count). The summed E-state index contributed by atoms with van der Waals surface area (Å²) >= 11 is 0. The molecule has 31 heavy (non-hydrogen) atoms. The van der Waals surface area contributed by atoms with Gasteiger partial charge in [0.15, 0.2) is 0 Å². The Hall–Kier alpha value is -3.94. The molecular formula is C23H21FN4O3. The predicted molar refractivity (Wildman–Crippen MR) is 116 cm³/mol. The number of benzene rings is 2. The van der Waals surface area contributed by atoms with Crippen LogP contribution in [0, 0.1) is 5.82 Å². The number of nitrogens with zero attached hydrogens (tertiary/aromatic N) is 3. The highest BCUT2D eigenvalue weighted by Crippen LogP contribution is 2.26. The highest BCUT2D eigenvalue weighted by atomic mass is 19.1. The van der Waals surface area contributed by atoms with Gasteiger partial charge < -0.3 is 20.2 Å². The maximum absolute atomic E-state index is 13.1. The van der Waals surface area contributed by atoms with E-state index >= 15 is 0 Å². The lowest BCUT2D eigenvalue weighted by molar-refractivity contribution is 0.0698. The van der Waals surface area contributed by atoms with E-state index in [-0.39, 0.29) is 16.8 Å². The van der Waals surface area contributed by atoms with Crippen LogP contribution in [0.3, 0.4) is 0 Å². The standard InChI is InChI=1S/C23H21FN4O3/c24-17-6-4-16(5-7-17)22(29)26-20-9-8-18(15-19(20)23(30)31)27-11-13-28(14-12-27)21-3-1-2-10-25-21/h1-10,15H,11-14H2,(H,26,29)(H,30,31). The van der Waals surface area contributed by atoms with E-state index in [2.05, 4.69) is 20.1 Å². The van der Waals surface area contributed by atoms with Crippen LogP contribution in [0.25, 0.3) is 0 Å². The van der Waals surface area contributed by atoms with Gasteiger partial charge in [-0.15, -0.1) is 0 Å². The van der Waals surface area contributed by atoms with Gasteiger partial charge in [-0.05, 0) is 54.6 Å². The summed E-state index contributed by atoms with van der Waals surface area (Å²) in [5.41, 5.74) is 1.21. The lowest BCUT2D eigenvalue weighted by atomic mass is 10.1. The average Bonchev–Trinajstić information content (AvgIpc) is 2.80. The maximum atomic E-state index is 13.1. The van der Waals surface area contributed by atoms with Gasteiger partial charge in [-0.3, -0.25) is 4.79 Å². The molecule has 1 saturated heterocycles. The van der Waals surface area contributed by atoms with Crippen molar-refractivity contribution in [3.8, 4) is 0 Å². The molecule has 158 valence electrons. The van der Waals surface area contributed by atoms with E-state index in [0.717, 1.165) is 37.7 Å². The molecule has 1 aliphatic heterocycles. The zero-order chi connectivity index (χ0) is 21.8. The Labute approximate surface area is 178 Å². The lowest BCUT2D eigenvalue weighted by Gasteiger charge is -2.36. The van der Waals surface area contributed by atoms with Gasteiger partial charge >= 0.3 is 5.97 Å². The van der Waals surface area contributed by atoms with Gasteiger partial charge in [0.25, 0.3) is 5.91 Å². The van der Waals surface area contributed by atoms with Crippen molar-refractivity contribution in [1.82, 2.24) is 4.98 Å². The second kappa shape index (κ2) is 8.83. The molecule has 2 heterocycles. The number of nitrogens with one attached hydrogen (secondary N) is 1. The van der Waals surface area contributed by atoms with E-state index in [9.17, 15) is 19.1 Å². The van der Waals surface area contributed by atoms with Crippen LogP contribution in [0.1, 0.15) is 20.7 Å². The summed E-state index contributed by atoms with van der Waals surface area (Å²) in [6.45, 7) is 2.97. The fraction of sp³-hybridized carbons (Fsp3) is 0.174. The maximum Gasteiger partial charge on any atom is 0.337 e. The van der Waals surface area contributed by atoms with Gasteiger partial charge in [0.05, 0.1) is 11.3 Å². The Morgan fingerprint density at radius 1 is 0.935 bits per heavy atom. The largest absolute Gasteiger partial charge is 0.478 e. The highest BCUT2D eigenvalue weighted by molar-refractivity contribution is 6.08. The second-order valence-electron chi connectivity index (χ2n) is 7.16. The molecule has 2 N–H and O–H groups in total. The molecule has 1 aliphatic rings. The number of anilines is 3. The normalized spacial score (nSPS) is 13.7. The molecule has 0 atom stereocenters. The van der Waals surface area contributed by atoms with Crippen LogP contribution < -0.4 is 15.1 Å². The zero-order valence-corrected chi connectivity index (χ0v) is 16.7. The molecule has 3 aromatic rings. The van der Waals surface area contributed by atoms with Crippen LogP contribution in [0.5, 0.6) is 0 Å². The van der Waals surface area contributed by atoms with Gasteiger partial charge in [0.2, 0.25) is 0 Å². The van der Waals surface area contributed by atoms with E-state index in [4.69, 9.17) is 0 Å². The number of carboxylic acids is 1. The topological polar surface area (TPSA) is 85.8 Å². The molecule has 0 spiro atoms. The Morgan fingerprint density at radius 3 is 2.29 bits per heavy atom. The average molecular weight is 420 g/mol. The summed E-state index contributed by atoms with van der Waals surface area (Å²) in [7, 11) is 0. The number of carbonyl (C=O) groups is 2. The summed E-state index contributed by atoms with van der Waals surface area (Å²) in [4.78, 5) is 32.9. The Kier molecular flexibility index (Phi) is 5.79. The van der Waals surface area contributed by atoms with Crippen molar-refractivity contribution in [3.05, 3.63) is 83.8 Å². The van der Waals surface area contributed by atoms with Crippen molar-refractivity contribution in [2.24, 2.45) is 0 Å². The number of piperazine rings is 1. The van der Waals surface area contributed by atoms with Crippen LogP contribution >= 0.6 is 0 Å². The van der Waals surface area contributed by atoms with Gasteiger partial charge in [-0.1, -0.05) is 6.07 Å². The number of aromatic nitrogens is 1. The zero-order valence-electron chi connectivity index (χ0n) is 16.7. The molecule has 0 saturated carbocycles. The number of carboxylic acid groups (broad SMARTS) is 1. The molecule has 0 aliphatic carbocycles. The van der Waals surface area contributed by atoms with E-state index < -0.39 is 17.7 Å². The first kappa shape index (κ1) is 20.3. The fourth-order valence-electron chi connectivity index (χ4n) is 3.55. The molecule has 2 aromatic carbocycles. The van der Waals surface area contributed by atoms with Gasteiger partial charge in [-0.2, -0.15) is 0 Å². The third-order valence-electron chi connectivity index (χ3n) is 5.21. The van der Waals surface area contributed by atoms with Crippen LogP contribution in [0.2, 0.25) is 0 Å². The van der Waals surface area contributed by atoms with Crippen molar-refractivity contribution in [2.75, 3.05) is 41.3 Å². The van der Waals surface area contributed by atoms with Crippen LogP contribution in [0.15, 0.2) is 66.9 Å². The van der Waals surface area contributed by atoms with Crippen molar-refractivity contribution in [3.63, 3.8) is 0 Å². The first-order valence-electron chi connectivity index (χ1n) is 9.86. The van der Waals surface area contributed by atoms with Crippen molar-refractivity contribution >= 4 is 29.1 Å². The number of aromatic carboxylic acids is 1. The Balaban J connectivity index is 1.48. The number of hydrogen-bond donors (Lipinski definition) is 2. The molecule has 1 fully saturated rings. The molecule has 0 radical (unpaired) electrons. The summed E-state index contributed by atoms with van der Waals surface area (Å²) < 4.78 is 13.1. The van der Waals surface area contributed by atoms with E-state index in [0.29, 0.717) is 0 Å². The van der Waals surface area contributed by atoms with Crippen molar-refractivity contribution < 1.29 is 19.1 Å². The highest BCUT2D eigenvalue weighted by Gasteiger charge is 2.21. The minimum Gasteiger partial charge on any atom is -0.478 e. The number of hydrogen-bond acceptors (Lipinski definition) is 5. The quantitative estimate of drug-likeness (QED) is 0.657. The van der Waals surface area contributed by atoms with Crippen LogP contribution in [-0.4, -0.2) is 48.1 Å². The van der Waals surface area contributed by atoms with Crippen molar-refractivity contribution in [2.45, 2.75) is 0 Å². The minimum atomic E-state index is -1.14. The molecule has 0 unspecified atom stereocenters. The van der Waals surface area contributed by atoms with Crippen LogP contribution in [-0.2, 0) is 0 Å². The number of rotatable bonds is 5. The summed E-state index contributed by atoms with van der Waals surface area (Å²) in [6.07, 6.45) is 1.76. The lowest BCUT2D eigenvalue weighted by Crippen LogP contribution is -2.46. The third-order valence-corrected chi connectivity index (χ3v) is 5.21. The Morgan fingerprint density at radius 2 is 1.65 bits per heavy atom. The molecule has 7 nitrogen and oxygen atoms in total. The smallest absolute Gasteiger partial charge is 0.337 e. The number of halogens is 1. The number of pyridine rings is 1. The third kappa shape index (κ3) is 4.63. The van der Waals surface area contributed by atoms with Gasteiger partial charge in [0, 0.05) is 43.6 Å². The van der Waals surface area contributed by atoms with Gasteiger partial charge in [-0.25, -0.2) is 14.2 Å². The second-order valence-corrected chi connectivity index (χ2v) is 7.16. The summed E-state index contributed by atoms with van der Waals surface area (Å²) in [6, 6.07) is 15.8. The number of carbonyl (C=O) groups excluding carboxylic acids is 1. The molecular weight excluding hydrogens is 399 g/mol. The van der Waals surface area contributed by atoms with E-state index in [1.807, 2.05) is 18.2 Å². The molecule has 1 amide bonds. The molecule has 1 aromatic heterocycles. The van der Waals surface area contributed by atoms with E-state index in [1.54, 1.807) is 24.4 Å². The van der Waals surface area contributed by atoms with E-state index in [1.165, 1.54) is 24.3 Å². The Bertz CT molecular complexity index is 1080. The first-order chi connectivity index (χ1) is 15.0. The molecule has 8 heteroatoms. The first-order valence-corrected chi connectivity index (χ1v) is 9.86. The summed E-state index contributed by atoms with van der Waals surface area (Å²) in [5.74, 6) is -1.16. The monoisotopic (exact) mass is 420 g/mol. The van der Waals surface area contributed by atoms with Crippen LogP contribution in [0.4, 0.5) is 21.6 Å². The van der Waals surface area contributed by atoms with Crippen molar-refractivity contribution in [1.29, 1.82) is 0 Å². The SMILES string of the molecule is O=C(Nc1ccc(N2CCN(c3ccccn3)CC2)cc1C(=O)O)c1ccc(F)cc1. The predicted octanol–water partition coefficient (Wildman–Crippen LogP) is 3.50. The number of amides is 1. The fourth-order valence-corrected chi connectivity index (χ4v) is 3.55.